The van der Waals surface area contributed by atoms with Gasteiger partial charge in [-0.2, -0.15) is 0 Å². The SMILES string of the molecule is C=C/C(=C\N(C)C)c1cccc(-c2ccc(/C(C=NC)=C/C)c(NCC3CCC(O)CC3)n2)c1. The second-order valence-electron chi connectivity index (χ2n) is 9.11. The van der Waals surface area contributed by atoms with Crippen molar-refractivity contribution in [1.82, 2.24) is 9.88 Å². The Kier molecular flexibility index (Phi) is 9.23. The van der Waals surface area contributed by atoms with E-state index in [4.69, 9.17) is 4.98 Å². The molecule has 0 radical (unpaired) electrons. The molecule has 0 amide bonds. The Labute approximate surface area is 204 Å². The highest BCUT2D eigenvalue weighted by molar-refractivity contribution is 6.11. The number of aliphatic imine (C=N–C) groups is 1. The molecule has 1 aromatic carbocycles. The number of rotatable bonds is 9. The molecule has 1 aromatic heterocycles. The normalized spacial score (nSPS) is 19.3. The third kappa shape index (κ3) is 6.67. The van der Waals surface area contributed by atoms with Gasteiger partial charge in [-0.1, -0.05) is 36.9 Å². The number of anilines is 1. The lowest BCUT2D eigenvalue weighted by Crippen LogP contribution is -2.24. The van der Waals surface area contributed by atoms with Crippen molar-refractivity contribution in [1.29, 1.82) is 0 Å². The Bertz CT molecular complexity index is 1060. The first-order valence-electron chi connectivity index (χ1n) is 12.1. The number of hydrogen-bond acceptors (Lipinski definition) is 5. The zero-order valence-electron chi connectivity index (χ0n) is 21.0. The fourth-order valence-corrected chi connectivity index (χ4v) is 4.40. The second kappa shape index (κ2) is 12.3. The molecule has 0 saturated heterocycles. The van der Waals surface area contributed by atoms with Crippen LogP contribution in [0.15, 0.2) is 66.3 Å². The molecule has 180 valence electrons. The van der Waals surface area contributed by atoms with Crippen LogP contribution in [0.2, 0.25) is 0 Å². The molecule has 1 fully saturated rings. The van der Waals surface area contributed by atoms with E-state index in [1.807, 2.05) is 38.2 Å². The minimum atomic E-state index is -0.141. The molecule has 3 rings (SSSR count). The summed E-state index contributed by atoms with van der Waals surface area (Å²) >= 11 is 0. The maximum atomic E-state index is 9.84. The number of aromatic nitrogens is 1. The predicted octanol–water partition coefficient (Wildman–Crippen LogP) is 5.90. The Balaban J connectivity index is 1.95. The maximum Gasteiger partial charge on any atom is 0.134 e. The molecule has 2 N–H and O–H groups in total. The van der Waals surface area contributed by atoms with Crippen LogP contribution in [0.4, 0.5) is 5.82 Å². The van der Waals surface area contributed by atoms with Crippen molar-refractivity contribution < 1.29 is 5.11 Å². The number of benzene rings is 1. The second-order valence-corrected chi connectivity index (χ2v) is 9.11. The van der Waals surface area contributed by atoms with Gasteiger partial charge in [-0.3, -0.25) is 4.99 Å². The lowest BCUT2D eigenvalue weighted by atomic mass is 9.87. The van der Waals surface area contributed by atoms with Crippen molar-refractivity contribution in [2.24, 2.45) is 10.9 Å². The predicted molar refractivity (Wildman–Crippen MR) is 146 cm³/mol. The molecule has 34 heavy (non-hydrogen) atoms. The highest BCUT2D eigenvalue weighted by Crippen LogP contribution is 2.30. The van der Waals surface area contributed by atoms with Gasteiger partial charge < -0.3 is 15.3 Å². The summed E-state index contributed by atoms with van der Waals surface area (Å²) in [6.45, 7) is 6.86. The van der Waals surface area contributed by atoms with Crippen molar-refractivity contribution >= 4 is 23.2 Å². The molecule has 5 nitrogen and oxygen atoms in total. The van der Waals surface area contributed by atoms with E-state index in [1.165, 1.54) is 0 Å². The van der Waals surface area contributed by atoms with Gasteiger partial charge >= 0.3 is 0 Å². The molecular formula is C29H38N4O. The molecule has 0 unspecified atom stereocenters. The molecule has 0 bridgehead atoms. The maximum absolute atomic E-state index is 9.84. The van der Waals surface area contributed by atoms with E-state index in [0.717, 1.165) is 71.6 Å². The van der Waals surface area contributed by atoms with E-state index in [0.29, 0.717) is 5.92 Å². The van der Waals surface area contributed by atoms with Gasteiger partial charge in [-0.05, 0) is 73.4 Å². The first kappa shape index (κ1) is 25.4. The summed E-state index contributed by atoms with van der Waals surface area (Å²) in [4.78, 5) is 11.3. The van der Waals surface area contributed by atoms with Crippen LogP contribution in [0.3, 0.4) is 0 Å². The quantitative estimate of drug-likeness (QED) is 0.363. The van der Waals surface area contributed by atoms with Crippen molar-refractivity contribution in [3.05, 3.63) is 72.5 Å². The van der Waals surface area contributed by atoms with Crippen LogP contribution in [0, 0.1) is 5.92 Å². The number of nitrogens with one attached hydrogen (secondary N) is 1. The van der Waals surface area contributed by atoms with Gasteiger partial charge in [0.15, 0.2) is 0 Å². The summed E-state index contributed by atoms with van der Waals surface area (Å²) in [6.07, 6.45) is 11.6. The van der Waals surface area contributed by atoms with Gasteiger partial charge in [0, 0.05) is 51.2 Å². The first-order valence-corrected chi connectivity index (χ1v) is 12.1. The number of aliphatic hydroxyl groups excluding tert-OH is 1. The van der Waals surface area contributed by atoms with Crippen molar-refractivity contribution in [3.63, 3.8) is 0 Å². The van der Waals surface area contributed by atoms with Crippen LogP contribution in [0.5, 0.6) is 0 Å². The van der Waals surface area contributed by atoms with E-state index in [1.54, 1.807) is 7.05 Å². The van der Waals surface area contributed by atoms with Gasteiger partial charge in [0.1, 0.15) is 5.82 Å². The molecule has 1 aliphatic carbocycles. The minimum Gasteiger partial charge on any atom is -0.393 e. The number of allylic oxidation sites excluding steroid dienone is 4. The molecule has 0 aliphatic heterocycles. The molecule has 1 aliphatic rings. The Morgan fingerprint density at radius 2 is 1.94 bits per heavy atom. The fourth-order valence-electron chi connectivity index (χ4n) is 4.40. The van der Waals surface area contributed by atoms with Gasteiger partial charge in [0.2, 0.25) is 0 Å². The van der Waals surface area contributed by atoms with Crippen LogP contribution in [0.25, 0.3) is 22.4 Å². The zero-order valence-corrected chi connectivity index (χ0v) is 21.0. The molecule has 0 spiro atoms. The number of hydrogen-bond donors (Lipinski definition) is 2. The van der Waals surface area contributed by atoms with E-state index < -0.39 is 0 Å². The van der Waals surface area contributed by atoms with Crippen molar-refractivity contribution in [2.45, 2.75) is 38.7 Å². The van der Waals surface area contributed by atoms with Gasteiger partial charge in [-0.25, -0.2) is 4.98 Å². The van der Waals surface area contributed by atoms with Crippen molar-refractivity contribution in [2.75, 3.05) is 33.0 Å². The van der Waals surface area contributed by atoms with Gasteiger partial charge in [0.05, 0.1) is 11.8 Å². The van der Waals surface area contributed by atoms with E-state index in [9.17, 15) is 5.11 Å². The summed E-state index contributed by atoms with van der Waals surface area (Å²) in [5.74, 6) is 1.42. The molecule has 1 saturated carbocycles. The standard InChI is InChI=1S/C29H38N4O/c1-6-22(19-30-3)27-15-16-28(32-29(27)31-18-21-11-13-26(34)14-12-21)25-10-8-9-24(17-25)23(7-2)20-33(4)5/h6-10,15-17,19-21,26,34H,2,11-14,18H2,1,3-5H3,(H,31,32)/b22-6+,23-20+,30-19?. The summed E-state index contributed by atoms with van der Waals surface area (Å²) in [7, 11) is 5.81. The largest absolute Gasteiger partial charge is 0.393 e. The Hall–Kier alpha value is -3.18. The summed E-state index contributed by atoms with van der Waals surface area (Å²) < 4.78 is 0. The number of aliphatic hydroxyl groups is 1. The average Bonchev–Trinajstić information content (AvgIpc) is 2.85. The summed E-state index contributed by atoms with van der Waals surface area (Å²) in [6, 6.07) is 12.6. The van der Waals surface area contributed by atoms with Crippen LogP contribution in [-0.2, 0) is 0 Å². The average molecular weight is 459 g/mol. The lowest BCUT2D eigenvalue weighted by Gasteiger charge is -2.26. The molecular weight excluding hydrogens is 420 g/mol. The Morgan fingerprint density at radius 3 is 2.59 bits per heavy atom. The smallest absolute Gasteiger partial charge is 0.134 e. The van der Waals surface area contributed by atoms with Crippen LogP contribution in [0.1, 0.15) is 43.7 Å². The monoisotopic (exact) mass is 458 g/mol. The number of nitrogens with zero attached hydrogens (tertiary/aromatic N) is 3. The topological polar surface area (TPSA) is 60.8 Å². The molecule has 5 heteroatoms. The van der Waals surface area contributed by atoms with Crippen LogP contribution < -0.4 is 5.32 Å². The van der Waals surface area contributed by atoms with Crippen LogP contribution in [-0.4, -0.2) is 55.0 Å². The van der Waals surface area contributed by atoms with Crippen LogP contribution >= 0.6 is 0 Å². The van der Waals surface area contributed by atoms with Crippen molar-refractivity contribution in [3.8, 4) is 11.3 Å². The summed E-state index contributed by atoms with van der Waals surface area (Å²) in [5.41, 5.74) is 6.24. The molecule has 1 heterocycles. The molecule has 0 atom stereocenters. The minimum absolute atomic E-state index is 0.141. The highest BCUT2D eigenvalue weighted by Gasteiger charge is 2.20. The summed E-state index contributed by atoms with van der Waals surface area (Å²) in [5, 5.41) is 13.5. The number of pyridine rings is 1. The molecule has 2 aromatic rings. The lowest BCUT2D eigenvalue weighted by molar-refractivity contribution is 0.111. The fraction of sp³-hybridized carbons (Fsp3) is 0.379. The van der Waals surface area contributed by atoms with E-state index >= 15 is 0 Å². The third-order valence-electron chi connectivity index (χ3n) is 6.27. The first-order chi connectivity index (χ1) is 16.4. The van der Waals surface area contributed by atoms with E-state index in [-0.39, 0.29) is 6.10 Å². The van der Waals surface area contributed by atoms with Gasteiger partial charge in [-0.15, -0.1) is 0 Å². The highest BCUT2D eigenvalue weighted by atomic mass is 16.3. The van der Waals surface area contributed by atoms with Gasteiger partial charge in [0.25, 0.3) is 0 Å². The Morgan fingerprint density at radius 1 is 1.18 bits per heavy atom. The van der Waals surface area contributed by atoms with E-state index in [2.05, 4.69) is 65.6 Å². The zero-order chi connectivity index (χ0) is 24.5. The third-order valence-corrected chi connectivity index (χ3v) is 6.27.